The second-order valence-electron chi connectivity index (χ2n) is 2.42. The largest absolute Gasteiger partial charge is 0.481 e. The van der Waals surface area contributed by atoms with Gasteiger partial charge in [0.1, 0.15) is 0 Å². The molecule has 0 aliphatic carbocycles. The predicted molar refractivity (Wildman–Crippen MR) is 33.4 cm³/mol. The number of hydrogen-bond acceptors (Lipinski definition) is 2. The van der Waals surface area contributed by atoms with Crippen LogP contribution in [0.15, 0.2) is 0 Å². The van der Waals surface area contributed by atoms with Gasteiger partial charge in [0, 0.05) is 13.1 Å². The van der Waals surface area contributed by atoms with Crippen molar-refractivity contribution in [2.45, 2.75) is 6.42 Å². The van der Waals surface area contributed by atoms with E-state index in [-0.39, 0.29) is 5.92 Å². The lowest BCUT2D eigenvalue weighted by molar-refractivity contribution is -0.141. The Morgan fingerprint density at radius 3 is 2.70 bits per heavy atom. The van der Waals surface area contributed by atoms with E-state index in [2.05, 4.69) is 0 Å². The van der Waals surface area contributed by atoms with Gasteiger partial charge in [-0.2, -0.15) is 0 Å². The van der Waals surface area contributed by atoms with Crippen molar-refractivity contribution in [1.82, 2.24) is 4.90 Å². The summed E-state index contributed by atoms with van der Waals surface area (Å²) in [6.45, 7) is 0.958. The molecule has 56 valence electrons. The zero-order valence-corrected chi connectivity index (χ0v) is 5.49. The van der Waals surface area contributed by atoms with Gasteiger partial charge in [-0.25, -0.2) is 0 Å². The lowest BCUT2D eigenvalue weighted by Crippen LogP contribution is -2.21. The molecular formula is C6H9NO3. The number of nitrogens with zero attached hydrogens (tertiary/aromatic N) is 1. The van der Waals surface area contributed by atoms with Crippen LogP contribution >= 0.6 is 0 Å². The van der Waals surface area contributed by atoms with E-state index < -0.39 is 5.97 Å². The summed E-state index contributed by atoms with van der Waals surface area (Å²) in [6.07, 6.45) is 1.29. The van der Waals surface area contributed by atoms with Gasteiger partial charge in [-0.15, -0.1) is 0 Å². The summed E-state index contributed by atoms with van der Waals surface area (Å²) in [4.78, 5) is 21.9. The molecule has 0 aromatic heterocycles. The van der Waals surface area contributed by atoms with Gasteiger partial charge in [0.05, 0.1) is 5.92 Å². The van der Waals surface area contributed by atoms with Crippen LogP contribution in [0.3, 0.4) is 0 Å². The van der Waals surface area contributed by atoms with Crippen LogP contribution in [0, 0.1) is 5.92 Å². The van der Waals surface area contributed by atoms with E-state index in [0.29, 0.717) is 25.9 Å². The van der Waals surface area contributed by atoms with Gasteiger partial charge in [-0.05, 0) is 6.42 Å². The van der Waals surface area contributed by atoms with Crippen LogP contribution in [0.1, 0.15) is 6.42 Å². The van der Waals surface area contributed by atoms with Gasteiger partial charge >= 0.3 is 5.97 Å². The second kappa shape index (κ2) is 2.68. The fraction of sp³-hybridized carbons (Fsp3) is 0.667. The third kappa shape index (κ3) is 1.26. The quantitative estimate of drug-likeness (QED) is 0.532. The van der Waals surface area contributed by atoms with E-state index in [0.717, 1.165) is 0 Å². The van der Waals surface area contributed by atoms with Gasteiger partial charge < -0.3 is 10.0 Å². The number of likely N-dealkylation sites (tertiary alicyclic amines) is 1. The maximum atomic E-state index is 10.3. The summed E-state index contributed by atoms with van der Waals surface area (Å²) in [5, 5.41) is 8.48. The van der Waals surface area contributed by atoms with Gasteiger partial charge in [0.2, 0.25) is 6.41 Å². The minimum atomic E-state index is -0.802. The maximum absolute atomic E-state index is 10.3. The first-order valence-corrected chi connectivity index (χ1v) is 3.16. The molecule has 1 heterocycles. The second-order valence-corrected chi connectivity index (χ2v) is 2.42. The molecule has 1 amide bonds. The van der Waals surface area contributed by atoms with Crippen molar-refractivity contribution in [2.75, 3.05) is 13.1 Å². The molecule has 4 heteroatoms. The van der Waals surface area contributed by atoms with Crippen molar-refractivity contribution in [3.8, 4) is 0 Å². The number of aliphatic carboxylic acids is 1. The van der Waals surface area contributed by atoms with Crippen LogP contribution in [0.4, 0.5) is 0 Å². The number of carbonyl (C=O) groups excluding carboxylic acids is 1. The Morgan fingerprint density at radius 2 is 2.40 bits per heavy atom. The maximum Gasteiger partial charge on any atom is 0.308 e. The van der Waals surface area contributed by atoms with Crippen LogP contribution in [-0.2, 0) is 9.59 Å². The van der Waals surface area contributed by atoms with E-state index in [1.165, 1.54) is 4.90 Å². The predicted octanol–water partition coefficient (Wildman–Crippen LogP) is -0.451. The van der Waals surface area contributed by atoms with Crippen molar-refractivity contribution in [3.63, 3.8) is 0 Å². The molecule has 10 heavy (non-hydrogen) atoms. The number of amides is 1. The van der Waals surface area contributed by atoms with E-state index >= 15 is 0 Å². The molecule has 0 bridgehead atoms. The van der Waals surface area contributed by atoms with Gasteiger partial charge in [-0.1, -0.05) is 0 Å². The summed E-state index contributed by atoms with van der Waals surface area (Å²) in [7, 11) is 0. The van der Waals surface area contributed by atoms with Crippen molar-refractivity contribution in [2.24, 2.45) is 5.92 Å². The lowest BCUT2D eigenvalue weighted by atomic mass is 10.1. The highest BCUT2D eigenvalue weighted by Gasteiger charge is 2.26. The number of carbonyl (C=O) groups is 2. The zero-order valence-electron chi connectivity index (χ0n) is 5.49. The Labute approximate surface area is 58.4 Å². The number of hydrogen-bond donors (Lipinski definition) is 1. The van der Waals surface area contributed by atoms with E-state index in [1.807, 2.05) is 0 Å². The Bertz CT molecular complexity index is 157. The summed E-state index contributed by atoms with van der Waals surface area (Å²) < 4.78 is 0. The highest BCUT2D eigenvalue weighted by atomic mass is 16.4. The fourth-order valence-corrected chi connectivity index (χ4v) is 1.08. The molecule has 0 saturated carbocycles. The summed E-state index contributed by atoms with van der Waals surface area (Å²) in [6, 6.07) is 0. The van der Waals surface area contributed by atoms with Crippen molar-refractivity contribution < 1.29 is 14.7 Å². The number of carboxylic acids is 1. The highest BCUT2D eigenvalue weighted by Crippen LogP contribution is 2.13. The molecule has 1 fully saturated rings. The Balaban J connectivity index is 2.42. The molecule has 0 radical (unpaired) electrons. The molecule has 1 N–H and O–H groups in total. The average molecular weight is 143 g/mol. The molecule has 1 atom stereocenters. The molecule has 0 aromatic rings. The lowest BCUT2D eigenvalue weighted by Gasteiger charge is -2.05. The number of rotatable bonds is 2. The molecule has 0 aromatic carbocycles. The van der Waals surface area contributed by atoms with Crippen LogP contribution < -0.4 is 0 Å². The molecule has 4 nitrogen and oxygen atoms in total. The van der Waals surface area contributed by atoms with Crippen molar-refractivity contribution in [3.05, 3.63) is 0 Å². The monoisotopic (exact) mass is 143 g/mol. The molecule has 1 aliphatic heterocycles. The molecule has 0 spiro atoms. The zero-order chi connectivity index (χ0) is 7.56. The summed E-state index contributed by atoms with van der Waals surface area (Å²) in [5.74, 6) is -1.14. The van der Waals surface area contributed by atoms with E-state index in [4.69, 9.17) is 5.11 Å². The van der Waals surface area contributed by atoms with Crippen LogP contribution in [0.2, 0.25) is 0 Å². The summed E-state index contributed by atoms with van der Waals surface area (Å²) >= 11 is 0. The van der Waals surface area contributed by atoms with Crippen molar-refractivity contribution in [1.29, 1.82) is 0 Å². The first-order valence-electron chi connectivity index (χ1n) is 3.16. The van der Waals surface area contributed by atoms with Crippen LogP contribution in [0.5, 0.6) is 0 Å². The van der Waals surface area contributed by atoms with Gasteiger partial charge in [-0.3, -0.25) is 9.59 Å². The SMILES string of the molecule is O=CN1CCC(C(=O)O)C1. The summed E-state index contributed by atoms with van der Waals surface area (Å²) in [5.41, 5.74) is 0. The third-order valence-electron chi connectivity index (χ3n) is 1.72. The molecule has 1 unspecified atom stereocenters. The molecule has 1 saturated heterocycles. The minimum absolute atomic E-state index is 0.342. The topological polar surface area (TPSA) is 57.6 Å². The molecule has 1 aliphatic rings. The normalized spacial score (nSPS) is 24.8. The highest BCUT2D eigenvalue weighted by molar-refractivity contribution is 5.71. The van der Waals surface area contributed by atoms with Gasteiger partial charge in [0.25, 0.3) is 0 Å². The van der Waals surface area contributed by atoms with E-state index in [9.17, 15) is 9.59 Å². The average Bonchev–Trinajstić information content (AvgIpc) is 2.34. The minimum Gasteiger partial charge on any atom is -0.481 e. The van der Waals surface area contributed by atoms with E-state index in [1.54, 1.807) is 0 Å². The van der Waals surface area contributed by atoms with Crippen LogP contribution in [-0.4, -0.2) is 35.5 Å². The third-order valence-corrected chi connectivity index (χ3v) is 1.72. The smallest absolute Gasteiger partial charge is 0.308 e. The Morgan fingerprint density at radius 1 is 1.70 bits per heavy atom. The Kier molecular flexibility index (Phi) is 1.89. The first-order chi connectivity index (χ1) is 4.74. The molecular weight excluding hydrogens is 134 g/mol. The van der Waals surface area contributed by atoms with Gasteiger partial charge in [0.15, 0.2) is 0 Å². The van der Waals surface area contributed by atoms with Crippen LogP contribution in [0.25, 0.3) is 0 Å². The van der Waals surface area contributed by atoms with Crippen molar-refractivity contribution >= 4 is 12.4 Å². The Hall–Kier alpha value is -1.06. The fourth-order valence-electron chi connectivity index (χ4n) is 1.08. The number of carboxylic acid groups (broad SMARTS) is 1. The first kappa shape index (κ1) is 7.05. The standard InChI is InChI=1S/C6H9NO3/c8-4-7-2-1-5(3-7)6(9)10/h4-5H,1-3H2,(H,9,10). The molecule has 1 rings (SSSR count).